The Hall–Kier alpha value is -1.06. The minimum Gasteiger partial charge on any atom is -0.497 e. The van der Waals surface area contributed by atoms with Gasteiger partial charge in [-0.15, -0.1) is 0 Å². The Morgan fingerprint density at radius 1 is 1.00 bits per heavy atom. The van der Waals surface area contributed by atoms with Crippen LogP contribution in [-0.2, 0) is 10.2 Å². The number of ether oxygens (including phenoxy) is 2. The molecule has 1 fully saturated rings. The molecule has 1 N–H and O–H groups in total. The fourth-order valence-electron chi connectivity index (χ4n) is 3.42. The quantitative estimate of drug-likeness (QED) is 0.616. The predicted molar refractivity (Wildman–Crippen MR) is 87.1 cm³/mol. The van der Waals surface area contributed by atoms with Gasteiger partial charge in [-0.05, 0) is 30.5 Å². The maximum Gasteiger partial charge on any atom is 0.118 e. The molecule has 3 nitrogen and oxygen atoms in total. The number of methoxy groups -OCH3 is 2. The molecule has 0 radical (unpaired) electrons. The lowest BCUT2D eigenvalue weighted by molar-refractivity contribution is 0.195. The van der Waals surface area contributed by atoms with Crippen molar-refractivity contribution in [2.24, 2.45) is 0 Å². The topological polar surface area (TPSA) is 30.5 Å². The molecular weight excluding hydrogens is 262 g/mol. The summed E-state index contributed by atoms with van der Waals surface area (Å²) in [5.74, 6) is 0.940. The molecule has 0 saturated heterocycles. The second-order valence-electron chi connectivity index (χ2n) is 6.09. The molecule has 0 aromatic heterocycles. The van der Waals surface area contributed by atoms with Crippen LogP contribution in [0.3, 0.4) is 0 Å². The van der Waals surface area contributed by atoms with E-state index in [1.807, 2.05) is 0 Å². The number of benzene rings is 1. The number of hydrogen-bond donors (Lipinski definition) is 1. The first kappa shape index (κ1) is 16.3. The molecule has 0 heterocycles. The SMILES string of the molecule is COCCNCC1(c2ccc(OC)cc2)CCCCCC1. The van der Waals surface area contributed by atoms with Crippen LogP contribution in [-0.4, -0.2) is 33.9 Å². The number of nitrogens with one attached hydrogen (secondary N) is 1. The van der Waals surface area contributed by atoms with Gasteiger partial charge in [-0.2, -0.15) is 0 Å². The molecule has 1 aliphatic carbocycles. The van der Waals surface area contributed by atoms with E-state index in [2.05, 4.69) is 29.6 Å². The molecular formula is C18H29NO2. The molecule has 0 spiro atoms. The average molecular weight is 291 g/mol. The second kappa shape index (κ2) is 8.40. The first-order valence-corrected chi connectivity index (χ1v) is 8.15. The first-order chi connectivity index (χ1) is 10.3. The smallest absolute Gasteiger partial charge is 0.118 e. The highest BCUT2D eigenvalue weighted by Gasteiger charge is 2.32. The maximum absolute atomic E-state index is 5.30. The molecule has 0 amide bonds. The highest BCUT2D eigenvalue weighted by molar-refractivity contribution is 5.33. The summed E-state index contributed by atoms with van der Waals surface area (Å²) in [6.07, 6.45) is 7.96. The van der Waals surface area contributed by atoms with Crippen LogP contribution in [0.25, 0.3) is 0 Å². The molecule has 1 saturated carbocycles. The minimum absolute atomic E-state index is 0.274. The van der Waals surface area contributed by atoms with Gasteiger partial charge in [0.2, 0.25) is 0 Å². The Kier molecular flexibility index (Phi) is 6.52. The molecule has 2 rings (SSSR count). The van der Waals surface area contributed by atoms with Crippen molar-refractivity contribution in [3.63, 3.8) is 0 Å². The molecule has 0 aliphatic heterocycles. The van der Waals surface area contributed by atoms with E-state index >= 15 is 0 Å². The van der Waals surface area contributed by atoms with Crippen LogP contribution < -0.4 is 10.1 Å². The summed E-state index contributed by atoms with van der Waals surface area (Å²) >= 11 is 0. The molecule has 0 unspecified atom stereocenters. The highest BCUT2D eigenvalue weighted by Crippen LogP contribution is 2.38. The summed E-state index contributed by atoms with van der Waals surface area (Å²) in [5.41, 5.74) is 1.73. The van der Waals surface area contributed by atoms with Gasteiger partial charge in [-0.25, -0.2) is 0 Å². The third-order valence-electron chi connectivity index (χ3n) is 4.71. The third-order valence-corrected chi connectivity index (χ3v) is 4.71. The van der Waals surface area contributed by atoms with E-state index in [-0.39, 0.29) is 5.41 Å². The van der Waals surface area contributed by atoms with Crippen LogP contribution in [0.2, 0.25) is 0 Å². The summed E-state index contributed by atoms with van der Waals surface area (Å²) in [6, 6.07) is 8.69. The lowest BCUT2D eigenvalue weighted by Gasteiger charge is -2.34. The minimum atomic E-state index is 0.274. The van der Waals surface area contributed by atoms with Gasteiger partial charge in [0.15, 0.2) is 0 Å². The van der Waals surface area contributed by atoms with Gasteiger partial charge in [0.1, 0.15) is 5.75 Å². The van der Waals surface area contributed by atoms with Crippen molar-refractivity contribution in [1.82, 2.24) is 5.32 Å². The Balaban J connectivity index is 2.12. The van der Waals surface area contributed by atoms with E-state index in [9.17, 15) is 0 Å². The van der Waals surface area contributed by atoms with Crippen LogP contribution in [0.1, 0.15) is 44.1 Å². The zero-order valence-corrected chi connectivity index (χ0v) is 13.5. The fraction of sp³-hybridized carbons (Fsp3) is 0.667. The highest BCUT2D eigenvalue weighted by atomic mass is 16.5. The number of hydrogen-bond acceptors (Lipinski definition) is 3. The summed E-state index contributed by atoms with van der Waals surface area (Å²) in [6.45, 7) is 2.75. The molecule has 21 heavy (non-hydrogen) atoms. The lowest BCUT2D eigenvalue weighted by atomic mass is 9.74. The molecule has 1 aromatic carbocycles. The summed E-state index contributed by atoms with van der Waals surface area (Å²) in [7, 11) is 3.48. The van der Waals surface area contributed by atoms with Crippen LogP contribution in [0, 0.1) is 0 Å². The van der Waals surface area contributed by atoms with E-state index in [0.29, 0.717) is 0 Å². The fourth-order valence-corrected chi connectivity index (χ4v) is 3.42. The standard InChI is InChI=1S/C18H29NO2/c1-20-14-13-19-15-18(11-5-3-4-6-12-18)16-7-9-17(21-2)10-8-16/h7-10,19H,3-6,11-15H2,1-2H3. The predicted octanol–water partition coefficient (Wildman–Crippen LogP) is 3.52. The van der Waals surface area contributed by atoms with E-state index in [0.717, 1.165) is 25.4 Å². The van der Waals surface area contributed by atoms with E-state index in [4.69, 9.17) is 9.47 Å². The average Bonchev–Trinajstić information content (AvgIpc) is 2.78. The van der Waals surface area contributed by atoms with E-state index in [1.54, 1.807) is 14.2 Å². The molecule has 3 heteroatoms. The van der Waals surface area contributed by atoms with Gasteiger partial charge < -0.3 is 14.8 Å². The van der Waals surface area contributed by atoms with Crippen molar-refractivity contribution < 1.29 is 9.47 Å². The van der Waals surface area contributed by atoms with Gasteiger partial charge in [0.25, 0.3) is 0 Å². The van der Waals surface area contributed by atoms with Crippen molar-refractivity contribution >= 4 is 0 Å². The van der Waals surface area contributed by atoms with Crippen molar-refractivity contribution in [3.05, 3.63) is 29.8 Å². The van der Waals surface area contributed by atoms with Crippen molar-refractivity contribution in [2.75, 3.05) is 33.9 Å². The second-order valence-corrected chi connectivity index (χ2v) is 6.09. The van der Waals surface area contributed by atoms with Crippen molar-refractivity contribution in [1.29, 1.82) is 0 Å². The first-order valence-electron chi connectivity index (χ1n) is 8.15. The van der Waals surface area contributed by atoms with Crippen molar-refractivity contribution in [3.8, 4) is 5.75 Å². The molecule has 0 atom stereocenters. The third kappa shape index (κ3) is 4.45. The normalized spacial score (nSPS) is 18.2. The molecule has 118 valence electrons. The van der Waals surface area contributed by atoms with Crippen LogP contribution in [0.4, 0.5) is 0 Å². The van der Waals surface area contributed by atoms with Gasteiger partial charge in [-0.3, -0.25) is 0 Å². The lowest BCUT2D eigenvalue weighted by Crippen LogP contribution is -2.39. The van der Waals surface area contributed by atoms with E-state index < -0.39 is 0 Å². The van der Waals surface area contributed by atoms with Gasteiger partial charge >= 0.3 is 0 Å². The zero-order valence-electron chi connectivity index (χ0n) is 13.5. The van der Waals surface area contributed by atoms with Gasteiger partial charge in [0.05, 0.1) is 13.7 Å². The summed E-state index contributed by atoms with van der Waals surface area (Å²) in [5, 5.41) is 3.60. The Morgan fingerprint density at radius 3 is 2.24 bits per heavy atom. The maximum atomic E-state index is 5.30. The Morgan fingerprint density at radius 2 is 1.67 bits per heavy atom. The van der Waals surface area contributed by atoms with Crippen LogP contribution in [0.5, 0.6) is 5.75 Å². The molecule has 0 bridgehead atoms. The zero-order chi connectivity index (χ0) is 15.0. The van der Waals surface area contributed by atoms with E-state index in [1.165, 1.54) is 44.1 Å². The number of rotatable bonds is 7. The van der Waals surface area contributed by atoms with Gasteiger partial charge in [0, 0.05) is 25.6 Å². The molecule has 1 aromatic rings. The largest absolute Gasteiger partial charge is 0.497 e. The Bertz CT molecular complexity index is 394. The Labute approximate surface area is 129 Å². The van der Waals surface area contributed by atoms with Crippen LogP contribution in [0.15, 0.2) is 24.3 Å². The van der Waals surface area contributed by atoms with Crippen LogP contribution >= 0.6 is 0 Å². The van der Waals surface area contributed by atoms with Crippen molar-refractivity contribution in [2.45, 2.75) is 43.9 Å². The molecule has 1 aliphatic rings. The monoisotopic (exact) mass is 291 g/mol. The van der Waals surface area contributed by atoms with Gasteiger partial charge in [-0.1, -0.05) is 37.8 Å². The summed E-state index contributed by atoms with van der Waals surface area (Å²) < 4.78 is 10.4. The summed E-state index contributed by atoms with van der Waals surface area (Å²) in [4.78, 5) is 0.